The van der Waals surface area contributed by atoms with E-state index in [2.05, 4.69) is 69.2 Å². The van der Waals surface area contributed by atoms with Gasteiger partial charge in [0.2, 0.25) is 0 Å². The van der Waals surface area contributed by atoms with Gasteiger partial charge in [0.15, 0.2) is 0 Å². The molecule has 3 aromatic rings. The van der Waals surface area contributed by atoms with Gasteiger partial charge in [0.25, 0.3) is 0 Å². The summed E-state index contributed by atoms with van der Waals surface area (Å²) in [6, 6.07) is 17.7. The van der Waals surface area contributed by atoms with Crippen molar-refractivity contribution in [3.8, 4) is 17.0 Å². The highest BCUT2D eigenvalue weighted by molar-refractivity contribution is 5.87. The summed E-state index contributed by atoms with van der Waals surface area (Å²) in [5.41, 5.74) is 4.62. The molecule has 0 amide bonds. The zero-order valence-corrected chi connectivity index (χ0v) is 20.6. The number of H-pyrrole nitrogens is 1. The van der Waals surface area contributed by atoms with Crippen LogP contribution >= 0.6 is 0 Å². The average molecular weight is 462 g/mol. The van der Waals surface area contributed by atoms with Gasteiger partial charge in [0.1, 0.15) is 5.75 Å². The number of hydrogen-bond acceptors (Lipinski definition) is 5. The fraction of sp³-hybridized carbons (Fsp3) is 0.500. The molecule has 5 rings (SSSR count). The lowest BCUT2D eigenvalue weighted by Gasteiger charge is -2.37. The number of piperidine rings is 1. The summed E-state index contributed by atoms with van der Waals surface area (Å²) in [6.07, 6.45) is 2.38. The highest BCUT2D eigenvalue weighted by Gasteiger charge is 2.21. The lowest BCUT2D eigenvalue weighted by atomic mass is 10.0. The Hall–Kier alpha value is -2.54. The van der Waals surface area contributed by atoms with Gasteiger partial charge in [0.05, 0.1) is 0 Å². The molecule has 2 aliphatic heterocycles. The van der Waals surface area contributed by atoms with E-state index < -0.39 is 0 Å². The maximum Gasteiger partial charge on any atom is 0.116 e. The molecule has 0 radical (unpaired) electrons. The standard InChI is InChI=1S/C28H39N5O/c1-21(2)32-16-14-31(15-17-32)13-10-29-24-8-11-33(12-9-24)25-5-3-4-22(18-25)28-20-23-19-26(34)6-7-27(23)30-28/h3-7,18-21,24,29-30,34H,8-17H2,1-2H3. The van der Waals surface area contributed by atoms with E-state index in [1.807, 2.05) is 12.1 Å². The van der Waals surface area contributed by atoms with Gasteiger partial charge >= 0.3 is 0 Å². The first-order valence-electron chi connectivity index (χ1n) is 12.9. The molecule has 0 saturated carbocycles. The number of rotatable bonds is 7. The molecule has 2 aliphatic rings. The smallest absolute Gasteiger partial charge is 0.116 e. The van der Waals surface area contributed by atoms with Crippen molar-refractivity contribution in [3.05, 3.63) is 48.5 Å². The Morgan fingerprint density at radius 1 is 0.971 bits per heavy atom. The van der Waals surface area contributed by atoms with E-state index in [0.717, 1.165) is 42.8 Å². The van der Waals surface area contributed by atoms with Gasteiger partial charge in [0, 0.05) is 86.7 Å². The van der Waals surface area contributed by atoms with Gasteiger partial charge < -0.3 is 20.3 Å². The molecule has 2 saturated heterocycles. The molecular formula is C28H39N5O. The van der Waals surface area contributed by atoms with Gasteiger partial charge in [-0.05, 0) is 68.7 Å². The number of piperazine rings is 1. The molecule has 182 valence electrons. The van der Waals surface area contributed by atoms with Gasteiger partial charge in [-0.25, -0.2) is 0 Å². The number of nitrogens with zero attached hydrogens (tertiary/aromatic N) is 3. The average Bonchev–Trinajstić information content (AvgIpc) is 3.28. The van der Waals surface area contributed by atoms with Gasteiger partial charge in [-0.3, -0.25) is 9.80 Å². The quantitative estimate of drug-likeness (QED) is 0.494. The Labute approximate surface area is 203 Å². The highest BCUT2D eigenvalue weighted by Crippen LogP contribution is 2.30. The van der Waals surface area contributed by atoms with Crippen LogP contribution in [0.3, 0.4) is 0 Å². The minimum atomic E-state index is 0.303. The molecule has 3 N–H and O–H groups in total. The second-order valence-electron chi connectivity index (χ2n) is 10.2. The Kier molecular flexibility index (Phi) is 7.09. The molecule has 34 heavy (non-hydrogen) atoms. The normalized spacial score (nSPS) is 18.9. The minimum absolute atomic E-state index is 0.303. The Bertz CT molecular complexity index is 1080. The fourth-order valence-corrected chi connectivity index (χ4v) is 5.42. The lowest BCUT2D eigenvalue weighted by molar-refractivity contribution is 0.108. The van der Waals surface area contributed by atoms with Crippen molar-refractivity contribution < 1.29 is 5.11 Å². The third kappa shape index (κ3) is 5.40. The summed E-state index contributed by atoms with van der Waals surface area (Å²) in [6.45, 7) is 13.9. The zero-order chi connectivity index (χ0) is 23.5. The Balaban J connectivity index is 1.10. The van der Waals surface area contributed by atoms with E-state index in [0.29, 0.717) is 17.8 Å². The largest absolute Gasteiger partial charge is 0.508 e. The summed E-state index contributed by atoms with van der Waals surface area (Å²) in [5.74, 6) is 0.303. The molecular weight excluding hydrogens is 422 g/mol. The van der Waals surface area contributed by atoms with Crippen molar-refractivity contribution in [1.29, 1.82) is 0 Å². The first-order chi connectivity index (χ1) is 16.5. The molecule has 0 spiro atoms. The van der Waals surface area contributed by atoms with E-state index in [9.17, 15) is 5.11 Å². The number of aromatic hydroxyl groups is 1. The van der Waals surface area contributed by atoms with Crippen LogP contribution in [0.2, 0.25) is 0 Å². The third-order valence-corrected chi connectivity index (χ3v) is 7.62. The van der Waals surface area contributed by atoms with Crippen molar-refractivity contribution in [1.82, 2.24) is 20.1 Å². The number of fused-ring (bicyclic) bond motifs is 1. The van der Waals surface area contributed by atoms with Crippen LogP contribution in [0.1, 0.15) is 26.7 Å². The zero-order valence-electron chi connectivity index (χ0n) is 20.6. The lowest BCUT2D eigenvalue weighted by Crippen LogP contribution is -2.51. The van der Waals surface area contributed by atoms with Crippen molar-refractivity contribution in [3.63, 3.8) is 0 Å². The van der Waals surface area contributed by atoms with Crippen LogP contribution in [0.15, 0.2) is 48.5 Å². The predicted octanol–water partition coefficient (Wildman–Crippen LogP) is 4.12. The highest BCUT2D eigenvalue weighted by atomic mass is 16.3. The predicted molar refractivity (Wildman–Crippen MR) is 142 cm³/mol. The molecule has 1 aromatic heterocycles. The van der Waals surface area contributed by atoms with Crippen molar-refractivity contribution >= 4 is 16.6 Å². The number of aromatic amines is 1. The second-order valence-corrected chi connectivity index (χ2v) is 10.2. The Morgan fingerprint density at radius 2 is 1.76 bits per heavy atom. The second kappa shape index (κ2) is 10.4. The maximum atomic E-state index is 9.76. The molecule has 6 heteroatoms. The van der Waals surface area contributed by atoms with Crippen LogP contribution in [0.25, 0.3) is 22.2 Å². The number of hydrogen-bond donors (Lipinski definition) is 3. The van der Waals surface area contributed by atoms with Crippen LogP contribution in [0, 0.1) is 0 Å². The molecule has 0 aliphatic carbocycles. The van der Waals surface area contributed by atoms with Crippen molar-refractivity contribution in [2.24, 2.45) is 0 Å². The first-order valence-corrected chi connectivity index (χ1v) is 12.9. The number of nitrogens with one attached hydrogen (secondary N) is 2. The van der Waals surface area contributed by atoms with Crippen LogP contribution in [-0.4, -0.2) is 84.3 Å². The van der Waals surface area contributed by atoms with Gasteiger partial charge in [-0.1, -0.05) is 12.1 Å². The monoisotopic (exact) mass is 461 g/mol. The molecule has 6 nitrogen and oxygen atoms in total. The van der Waals surface area contributed by atoms with Gasteiger partial charge in [-0.2, -0.15) is 0 Å². The van der Waals surface area contributed by atoms with E-state index in [1.165, 1.54) is 50.3 Å². The summed E-state index contributed by atoms with van der Waals surface area (Å²) >= 11 is 0. The molecule has 2 aromatic carbocycles. The summed E-state index contributed by atoms with van der Waals surface area (Å²) in [4.78, 5) is 11.2. The van der Waals surface area contributed by atoms with Crippen molar-refractivity contribution in [2.75, 3.05) is 57.3 Å². The molecule has 0 bridgehead atoms. The van der Waals surface area contributed by atoms with E-state index in [-0.39, 0.29) is 0 Å². The molecule has 2 fully saturated rings. The molecule has 0 unspecified atom stereocenters. The topological polar surface area (TPSA) is 57.8 Å². The number of aromatic nitrogens is 1. The SMILES string of the molecule is CC(C)N1CCN(CCNC2CCN(c3cccc(-c4cc5cc(O)ccc5[nH]4)c3)CC2)CC1. The number of anilines is 1. The third-order valence-electron chi connectivity index (χ3n) is 7.62. The minimum Gasteiger partial charge on any atom is -0.508 e. The summed E-state index contributed by atoms with van der Waals surface area (Å²) in [7, 11) is 0. The number of phenolic OH excluding ortho intramolecular Hbond substituents is 1. The molecule has 3 heterocycles. The summed E-state index contributed by atoms with van der Waals surface area (Å²) in [5, 5.41) is 14.6. The van der Waals surface area contributed by atoms with E-state index in [4.69, 9.17) is 0 Å². The fourth-order valence-electron chi connectivity index (χ4n) is 5.42. The van der Waals surface area contributed by atoms with Gasteiger partial charge in [-0.15, -0.1) is 0 Å². The maximum absolute atomic E-state index is 9.76. The van der Waals surface area contributed by atoms with Crippen molar-refractivity contribution in [2.45, 2.75) is 38.8 Å². The molecule has 0 atom stereocenters. The van der Waals surface area contributed by atoms with Crippen LogP contribution < -0.4 is 10.2 Å². The number of benzene rings is 2. The first kappa shape index (κ1) is 23.2. The van der Waals surface area contributed by atoms with Crippen LogP contribution in [0.4, 0.5) is 5.69 Å². The summed E-state index contributed by atoms with van der Waals surface area (Å²) < 4.78 is 0. The Morgan fingerprint density at radius 3 is 2.53 bits per heavy atom. The number of phenols is 1. The van der Waals surface area contributed by atoms with E-state index in [1.54, 1.807) is 6.07 Å². The van der Waals surface area contributed by atoms with Crippen LogP contribution in [0.5, 0.6) is 5.75 Å². The van der Waals surface area contributed by atoms with Crippen LogP contribution in [-0.2, 0) is 0 Å². The van der Waals surface area contributed by atoms with E-state index >= 15 is 0 Å².